The first-order valence-corrected chi connectivity index (χ1v) is 4.73. The second-order valence-electron chi connectivity index (χ2n) is 3.64. The van der Waals surface area contributed by atoms with Gasteiger partial charge in [0.1, 0.15) is 5.82 Å². The Labute approximate surface area is 103 Å². The predicted molar refractivity (Wildman–Crippen MR) is 52.5 cm³/mol. The first-order chi connectivity index (χ1) is 8.45. The molecule has 1 nitrogen and oxygen atoms in total. The molecule has 19 heavy (non-hydrogen) atoms. The number of hydrogen-bond donors (Lipinski definition) is 1. The fourth-order valence-electron chi connectivity index (χ4n) is 1.50. The third-order valence-electron chi connectivity index (χ3n) is 2.44. The largest absolute Gasteiger partial charge is 0.430 e. The fraction of sp³-hybridized carbons (Fsp3) is 0.273. The van der Waals surface area contributed by atoms with E-state index >= 15 is 0 Å². The van der Waals surface area contributed by atoms with E-state index in [9.17, 15) is 30.7 Å². The van der Waals surface area contributed by atoms with Crippen LogP contribution in [-0.2, 0) is 5.60 Å². The maximum atomic E-state index is 12.8. The van der Waals surface area contributed by atoms with E-state index in [1.165, 1.54) is 0 Å². The predicted octanol–water partition coefficient (Wildman–Crippen LogP) is 3.78. The van der Waals surface area contributed by atoms with Crippen LogP contribution in [-0.4, -0.2) is 17.5 Å². The molecule has 0 unspecified atom stereocenters. The van der Waals surface area contributed by atoms with Crippen molar-refractivity contribution < 1.29 is 35.8 Å². The average Bonchev–Trinajstić information content (AvgIpc) is 2.24. The number of hydrogen-bond acceptors (Lipinski definition) is 1. The molecule has 0 heterocycles. The van der Waals surface area contributed by atoms with Crippen LogP contribution in [0.5, 0.6) is 0 Å². The van der Waals surface area contributed by atoms with Crippen LogP contribution >= 0.6 is 0 Å². The Hall–Kier alpha value is -1.57. The van der Waals surface area contributed by atoms with Gasteiger partial charge in [0.05, 0.1) is 0 Å². The topological polar surface area (TPSA) is 20.2 Å². The molecule has 1 aromatic carbocycles. The number of benzene rings is 1. The Kier molecular flexibility index (Phi) is 3.68. The molecule has 0 aliphatic rings. The summed E-state index contributed by atoms with van der Waals surface area (Å²) in [5.74, 6) is -1.05. The van der Waals surface area contributed by atoms with Gasteiger partial charge in [0.25, 0.3) is 5.60 Å². The van der Waals surface area contributed by atoms with Crippen LogP contribution in [0.1, 0.15) is 11.1 Å². The minimum Gasteiger partial charge on any atom is -0.369 e. The van der Waals surface area contributed by atoms with E-state index in [-0.39, 0.29) is 6.07 Å². The van der Waals surface area contributed by atoms with Crippen LogP contribution in [0, 0.1) is 5.82 Å². The molecule has 0 aliphatic carbocycles. The van der Waals surface area contributed by atoms with Crippen molar-refractivity contribution in [3.8, 4) is 0 Å². The third kappa shape index (κ3) is 2.44. The summed E-state index contributed by atoms with van der Waals surface area (Å²) in [6, 6.07) is 1.04. The molecular weight excluding hydrogens is 281 g/mol. The van der Waals surface area contributed by atoms with Gasteiger partial charge in [-0.15, -0.1) is 0 Å². The Morgan fingerprint density at radius 2 is 1.47 bits per heavy atom. The van der Waals surface area contributed by atoms with E-state index in [2.05, 4.69) is 6.58 Å². The maximum Gasteiger partial charge on any atom is 0.430 e. The Balaban J connectivity index is 3.66. The van der Waals surface area contributed by atoms with Crippen molar-refractivity contribution in [1.29, 1.82) is 0 Å². The third-order valence-corrected chi connectivity index (χ3v) is 2.44. The standard InChI is InChI=1S/C11H7F7O/c1-2-6-5-7(12)3-4-8(6)9(19,10(13,14)15)11(16,17)18/h2-5,19H,1H2. The summed E-state index contributed by atoms with van der Waals surface area (Å²) in [5, 5.41) is 9.14. The summed E-state index contributed by atoms with van der Waals surface area (Å²) in [7, 11) is 0. The Bertz CT molecular complexity index is 473. The molecule has 0 fully saturated rings. The zero-order valence-electron chi connectivity index (χ0n) is 9.11. The van der Waals surface area contributed by atoms with Crippen molar-refractivity contribution in [3.63, 3.8) is 0 Å². The molecule has 0 bridgehead atoms. The summed E-state index contributed by atoms with van der Waals surface area (Å²) in [6.45, 7) is 3.00. The molecule has 0 atom stereocenters. The van der Waals surface area contributed by atoms with Gasteiger partial charge >= 0.3 is 12.4 Å². The summed E-state index contributed by atoms with van der Waals surface area (Å²) in [5.41, 5.74) is -7.40. The highest BCUT2D eigenvalue weighted by atomic mass is 19.4. The highest BCUT2D eigenvalue weighted by Crippen LogP contribution is 2.51. The molecule has 0 radical (unpaired) electrons. The van der Waals surface area contributed by atoms with Gasteiger partial charge in [-0.05, 0) is 17.7 Å². The molecule has 0 saturated carbocycles. The van der Waals surface area contributed by atoms with Gasteiger partial charge in [-0.2, -0.15) is 26.3 Å². The van der Waals surface area contributed by atoms with E-state index in [1.54, 1.807) is 0 Å². The number of halogens is 7. The van der Waals surface area contributed by atoms with Gasteiger partial charge in [-0.25, -0.2) is 4.39 Å². The lowest BCUT2D eigenvalue weighted by Gasteiger charge is -2.33. The van der Waals surface area contributed by atoms with E-state index < -0.39 is 34.9 Å². The molecule has 0 aromatic heterocycles. The molecule has 106 valence electrons. The van der Waals surface area contributed by atoms with Crippen LogP contribution in [0.15, 0.2) is 24.8 Å². The van der Waals surface area contributed by atoms with Gasteiger partial charge in [0, 0.05) is 5.56 Å². The van der Waals surface area contributed by atoms with Crippen molar-refractivity contribution in [1.82, 2.24) is 0 Å². The summed E-state index contributed by atoms with van der Waals surface area (Å²) >= 11 is 0. The summed E-state index contributed by atoms with van der Waals surface area (Å²) < 4.78 is 88.5. The van der Waals surface area contributed by atoms with Crippen LogP contribution in [0.3, 0.4) is 0 Å². The van der Waals surface area contributed by atoms with Crippen LogP contribution in [0.2, 0.25) is 0 Å². The van der Waals surface area contributed by atoms with Crippen molar-refractivity contribution in [3.05, 3.63) is 41.7 Å². The van der Waals surface area contributed by atoms with Gasteiger partial charge in [0.15, 0.2) is 0 Å². The minimum absolute atomic E-state index is 0.229. The second-order valence-corrected chi connectivity index (χ2v) is 3.64. The molecule has 0 aliphatic heterocycles. The second kappa shape index (κ2) is 4.52. The first-order valence-electron chi connectivity index (χ1n) is 4.73. The zero-order chi connectivity index (χ0) is 15.1. The van der Waals surface area contributed by atoms with Gasteiger partial charge in [-0.3, -0.25) is 0 Å². The molecule has 1 N–H and O–H groups in total. The lowest BCUT2D eigenvalue weighted by Crippen LogP contribution is -2.54. The molecule has 1 aromatic rings. The lowest BCUT2D eigenvalue weighted by molar-refractivity contribution is -0.376. The summed E-state index contributed by atoms with van der Waals surface area (Å²) in [6.07, 6.45) is -11.4. The molecular formula is C11H7F7O. The van der Waals surface area contributed by atoms with Crippen molar-refractivity contribution in [2.24, 2.45) is 0 Å². The highest BCUT2D eigenvalue weighted by Gasteiger charge is 2.71. The van der Waals surface area contributed by atoms with Gasteiger partial charge in [-0.1, -0.05) is 18.7 Å². The van der Waals surface area contributed by atoms with Crippen LogP contribution in [0.25, 0.3) is 6.08 Å². The van der Waals surface area contributed by atoms with Crippen LogP contribution < -0.4 is 0 Å². The highest BCUT2D eigenvalue weighted by molar-refractivity contribution is 5.54. The van der Waals surface area contributed by atoms with Crippen molar-refractivity contribution in [2.75, 3.05) is 0 Å². The monoisotopic (exact) mass is 288 g/mol. The number of rotatable bonds is 2. The SMILES string of the molecule is C=Cc1cc(F)ccc1C(O)(C(F)(F)F)C(F)(F)F. The van der Waals surface area contributed by atoms with Crippen molar-refractivity contribution in [2.45, 2.75) is 18.0 Å². The first kappa shape index (κ1) is 15.5. The molecule has 0 amide bonds. The van der Waals surface area contributed by atoms with Crippen LogP contribution in [0.4, 0.5) is 30.7 Å². The molecule has 8 heteroatoms. The quantitative estimate of drug-likeness (QED) is 0.821. The van der Waals surface area contributed by atoms with E-state index in [1.807, 2.05) is 0 Å². The minimum atomic E-state index is -6.01. The Morgan fingerprint density at radius 3 is 1.84 bits per heavy atom. The smallest absolute Gasteiger partial charge is 0.369 e. The Morgan fingerprint density at radius 1 is 1.00 bits per heavy atom. The zero-order valence-corrected chi connectivity index (χ0v) is 9.11. The van der Waals surface area contributed by atoms with E-state index in [4.69, 9.17) is 5.11 Å². The fourth-order valence-corrected chi connectivity index (χ4v) is 1.50. The molecule has 1 rings (SSSR count). The van der Waals surface area contributed by atoms with E-state index in [0.717, 1.165) is 0 Å². The normalized spacial score (nSPS) is 13.5. The van der Waals surface area contributed by atoms with E-state index in [0.29, 0.717) is 18.2 Å². The maximum absolute atomic E-state index is 12.8. The average molecular weight is 288 g/mol. The number of aliphatic hydroxyl groups is 1. The van der Waals surface area contributed by atoms with Gasteiger partial charge < -0.3 is 5.11 Å². The summed E-state index contributed by atoms with van der Waals surface area (Å²) in [4.78, 5) is 0. The number of alkyl halides is 6. The van der Waals surface area contributed by atoms with Gasteiger partial charge in [0.2, 0.25) is 0 Å². The molecule has 0 spiro atoms. The lowest BCUT2D eigenvalue weighted by atomic mass is 9.88. The molecule has 0 saturated heterocycles. The van der Waals surface area contributed by atoms with Crippen molar-refractivity contribution >= 4 is 6.08 Å².